The predicted molar refractivity (Wildman–Crippen MR) is 163 cm³/mol. The first kappa shape index (κ1) is 26.3. The summed E-state index contributed by atoms with van der Waals surface area (Å²) in [7, 11) is 0. The number of nitrogens with zero attached hydrogens (tertiary/aromatic N) is 2. The van der Waals surface area contributed by atoms with Crippen molar-refractivity contribution < 1.29 is 24.2 Å². The van der Waals surface area contributed by atoms with Crippen LogP contribution in [0.2, 0.25) is 5.02 Å². The van der Waals surface area contributed by atoms with Gasteiger partial charge in [0, 0.05) is 17.0 Å². The number of para-hydroxylation sites is 1. The molecule has 2 aliphatic heterocycles. The SMILES string of the molecule is C[C@@H]1Cc2cc(/C(O)=C3\C(=O)C(=O)N(c4nc5ccc(Cl)cc5s4)[C@H]3c3cccc(Oc4ccccc4)c3)ccc2O1. The van der Waals surface area contributed by atoms with Crippen molar-refractivity contribution in [3.05, 3.63) is 118 Å². The Morgan fingerprint density at radius 1 is 1.00 bits per heavy atom. The summed E-state index contributed by atoms with van der Waals surface area (Å²) in [6.45, 7) is 1.97. The van der Waals surface area contributed by atoms with E-state index < -0.39 is 17.7 Å². The summed E-state index contributed by atoms with van der Waals surface area (Å²) in [5.74, 6) is 0.0653. The molecule has 5 aromatic rings. The third kappa shape index (κ3) is 4.58. The van der Waals surface area contributed by atoms with E-state index in [0.29, 0.717) is 44.7 Å². The average Bonchev–Trinajstić information content (AvgIpc) is 3.65. The van der Waals surface area contributed by atoms with Gasteiger partial charge in [-0.2, -0.15) is 0 Å². The van der Waals surface area contributed by atoms with Gasteiger partial charge >= 0.3 is 5.91 Å². The average molecular weight is 595 g/mol. The number of hydrogen-bond acceptors (Lipinski definition) is 7. The molecule has 7 nitrogen and oxygen atoms in total. The molecule has 2 aliphatic rings. The van der Waals surface area contributed by atoms with Crippen LogP contribution < -0.4 is 14.4 Å². The van der Waals surface area contributed by atoms with E-state index in [2.05, 4.69) is 4.98 Å². The number of ether oxygens (including phenoxy) is 2. The van der Waals surface area contributed by atoms with Crippen molar-refractivity contribution in [2.24, 2.45) is 0 Å². The molecular formula is C33H23ClN2O5S. The largest absolute Gasteiger partial charge is 0.507 e. The van der Waals surface area contributed by atoms with E-state index in [0.717, 1.165) is 16.0 Å². The third-order valence-corrected chi connectivity index (χ3v) is 8.56. The van der Waals surface area contributed by atoms with Crippen LogP contribution in [0.3, 0.4) is 0 Å². The molecule has 1 saturated heterocycles. The molecule has 0 saturated carbocycles. The second-order valence-electron chi connectivity index (χ2n) is 10.2. The number of aliphatic hydroxyl groups excluding tert-OH is 1. The van der Waals surface area contributed by atoms with E-state index in [1.165, 1.54) is 16.2 Å². The second kappa shape index (κ2) is 10.3. The summed E-state index contributed by atoms with van der Waals surface area (Å²) < 4.78 is 12.6. The van der Waals surface area contributed by atoms with E-state index in [1.807, 2.05) is 43.3 Å². The first-order chi connectivity index (χ1) is 20.4. The molecule has 3 heterocycles. The van der Waals surface area contributed by atoms with Crippen LogP contribution in [0.25, 0.3) is 16.0 Å². The number of ketones is 1. The maximum Gasteiger partial charge on any atom is 0.301 e. The molecule has 1 aromatic heterocycles. The van der Waals surface area contributed by atoms with E-state index in [-0.39, 0.29) is 17.4 Å². The lowest BCUT2D eigenvalue weighted by Gasteiger charge is -2.23. The minimum absolute atomic E-state index is 0.0165. The van der Waals surface area contributed by atoms with Crippen LogP contribution in [0.4, 0.5) is 5.13 Å². The topological polar surface area (TPSA) is 89.0 Å². The lowest BCUT2D eigenvalue weighted by atomic mass is 9.94. The predicted octanol–water partition coefficient (Wildman–Crippen LogP) is 7.69. The molecule has 0 bridgehead atoms. The van der Waals surface area contributed by atoms with Crippen LogP contribution in [0, 0.1) is 0 Å². The van der Waals surface area contributed by atoms with E-state index >= 15 is 0 Å². The number of carbonyl (C=O) groups excluding carboxylic acids is 2. The Balaban J connectivity index is 1.38. The second-order valence-corrected chi connectivity index (χ2v) is 11.7. The van der Waals surface area contributed by atoms with E-state index in [4.69, 9.17) is 21.1 Å². The summed E-state index contributed by atoms with van der Waals surface area (Å²) in [4.78, 5) is 33.4. The van der Waals surface area contributed by atoms with Crippen molar-refractivity contribution in [3.63, 3.8) is 0 Å². The highest BCUT2D eigenvalue weighted by Gasteiger charge is 2.48. The number of carbonyl (C=O) groups is 2. The molecule has 1 amide bonds. The number of hydrogen-bond donors (Lipinski definition) is 1. The summed E-state index contributed by atoms with van der Waals surface area (Å²) in [6.07, 6.45) is 0.698. The summed E-state index contributed by atoms with van der Waals surface area (Å²) >= 11 is 7.46. The third-order valence-electron chi connectivity index (χ3n) is 7.31. The molecule has 1 N–H and O–H groups in total. The first-order valence-electron chi connectivity index (χ1n) is 13.4. The molecule has 42 heavy (non-hydrogen) atoms. The Morgan fingerprint density at radius 2 is 1.81 bits per heavy atom. The monoisotopic (exact) mass is 594 g/mol. The Morgan fingerprint density at radius 3 is 2.64 bits per heavy atom. The zero-order valence-electron chi connectivity index (χ0n) is 22.3. The molecule has 1 fully saturated rings. The van der Waals surface area contributed by atoms with Crippen molar-refractivity contribution >= 4 is 55.7 Å². The summed E-state index contributed by atoms with van der Waals surface area (Å²) in [5, 5.41) is 12.5. The van der Waals surface area contributed by atoms with Crippen LogP contribution >= 0.6 is 22.9 Å². The molecule has 0 radical (unpaired) electrons. The van der Waals surface area contributed by atoms with E-state index in [1.54, 1.807) is 54.6 Å². The fourth-order valence-electron chi connectivity index (χ4n) is 5.43. The highest BCUT2D eigenvalue weighted by molar-refractivity contribution is 7.22. The van der Waals surface area contributed by atoms with Crippen molar-refractivity contribution in [2.45, 2.75) is 25.5 Å². The van der Waals surface area contributed by atoms with Crippen molar-refractivity contribution in [1.82, 2.24) is 4.98 Å². The van der Waals surface area contributed by atoms with Gasteiger partial charge in [0.15, 0.2) is 5.13 Å². The van der Waals surface area contributed by atoms with Gasteiger partial charge in [-0.05, 0) is 78.7 Å². The van der Waals surface area contributed by atoms with Crippen LogP contribution in [0.1, 0.15) is 29.7 Å². The molecule has 9 heteroatoms. The van der Waals surface area contributed by atoms with Gasteiger partial charge in [-0.15, -0.1) is 0 Å². The number of benzene rings is 4. The van der Waals surface area contributed by atoms with Gasteiger partial charge in [0.05, 0.1) is 21.8 Å². The van der Waals surface area contributed by atoms with Crippen molar-refractivity contribution in [1.29, 1.82) is 0 Å². The Kier molecular flexibility index (Phi) is 6.45. The summed E-state index contributed by atoms with van der Waals surface area (Å²) in [5.41, 5.74) is 2.57. The number of rotatable bonds is 5. The van der Waals surface area contributed by atoms with Gasteiger partial charge in [0.1, 0.15) is 29.1 Å². The highest BCUT2D eigenvalue weighted by atomic mass is 35.5. The van der Waals surface area contributed by atoms with Crippen LogP contribution in [-0.2, 0) is 16.0 Å². The number of amides is 1. The van der Waals surface area contributed by atoms with Crippen molar-refractivity contribution in [2.75, 3.05) is 4.90 Å². The maximum absolute atomic E-state index is 13.7. The highest BCUT2D eigenvalue weighted by Crippen LogP contribution is 2.45. The smallest absolute Gasteiger partial charge is 0.301 e. The lowest BCUT2D eigenvalue weighted by Crippen LogP contribution is -2.29. The van der Waals surface area contributed by atoms with Crippen LogP contribution in [-0.4, -0.2) is 27.9 Å². The molecule has 0 aliphatic carbocycles. The minimum atomic E-state index is -0.955. The Bertz CT molecular complexity index is 1920. The number of aromatic nitrogens is 1. The molecule has 7 rings (SSSR count). The zero-order valence-corrected chi connectivity index (χ0v) is 23.9. The number of fused-ring (bicyclic) bond motifs is 2. The maximum atomic E-state index is 13.7. The molecule has 2 atom stereocenters. The quantitative estimate of drug-likeness (QED) is 0.127. The van der Waals surface area contributed by atoms with Gasteiger partial charge < -0.3 is 14.6 Å². The van der Waals surface area contributed by atoms with Crippen LogP contribution in [0.15, 0.2) is 96.6 Å². The fraction of sp³-hybridized carbons (Fsp3) is 0.121. The lowest BCUT2D eigenvalue weighted by molar-refractivity contribution is -0.132. The standard InChI is InChI=1S/C33H23ClN2O5S/c1-18-14-21-15-20(10-13-26(21)40-18)30(37)28-29(19-6-5-9-24(16-19)41-23-7-3-2-4-8-23)36(32(39)31(28)38)33-35-25-12-11-22(34)17-27(25)42-33/h2-13,15-18,29,37H,14H2,1H3/b30-28+/t18-,29+/m1/s1. The molecule has 208 valence electrons. The van der Waals surface area contributed by atoms with Gasteiger partial charge in [-0.1, -0.05) is 53.3 Å². The summed E-state index contributed by atoms with van der Waals surface area (Å²) in [6, 6.07) is 26.1. The van der Waals surface area contributed by atoms with Crippen molar-refractivity contribution in [3.8, 4) is 17.2 Å². The van der Waals surface area contributed by atoms with E-state index in [9.17, 15) is 14.7 Å². The molecular weight excluding hydrogens is 572 g/mol. The van der Waals surface area contributed by atoms with Gasteiger partial charge in [-0.25, -0.2) is 4.98 Å². The molecule has 0 unspecified atom stereocenters. The number of anilines is 1. The van der Waals surface area contributed by atoms with Gasteiger partial charge in [-0.3, -0.25) is 14.5 Å². The normalized spacial score (nSPS) is 19.2. The number of halogens is 1. The Labute approximate surface area is 250 Å². The molecule has 0 spiro atoms. The van der Waals surface area contributed by atoms with Crippen LogP contribution in [0.5, 0.6) is 17.2 Å². The minimum Gasteiger partial charge on any atom is -0.507 e. The number of Topliss-reactive ketones (excluding diaryl/α,β-unsaturated/α-hetero) is 1. The molecule has 4 aromatic carbocycles. The van der Waals surface area contributed by atoms with Gasteiger partial charge in [0.2, 0.25) is 0 Å². The fourth-order valence-corrected chi connectivity index (χ4v) is 6.70. The Hall–Kier alpha value is -4.66. The zero-order chi connectivity index (χ0) is 29.0. The number of thiazole rings is 1. The number of aliphatic hydroxyl groups is 1. The first-order valence-corrected chi connectivity index (χ1v) is 14.5. The van der Waals surface area contributed by atoms with Gasteiger partial charge in [0.25, 0.3) is 5.78 Å².